The molecule has 0 radical (unpaired) electrons. The molecule has 29 heavy (non-hydrogen) atoms. The Morgan fingerprint density at radius 1 is 1.00 bits per heavy atom. The fraction of sp³-hybridized carbons (Fsp3) is 0.182. The molecular weight excluding hydrogens is 390 g/mol. The largest absolute Gasteiger partial charge is 0.491 e. The van der Waals surface area contributed by atoms with Gasteiger partial charge in [0.15, 0.2) is 5.78 Å². The lowest BCUT2D eigenvalue weighted by Crippen LogP contribution is -2.25. The van der Waals surface area contributed by atoms with E-state index in [0.29, 0.717) is 27.6 Å². The number of benzene rings is 2. The van der Waals surface area contributed by atoms with Crippen LogP contribution in [0.3, 0.4) is 0 Å². The number of aliphatic hydroxyl groups excluding tert-OH is 1. The summed E-state index contributed by atoms with van der Waals surface area (Å²) in [6.45, 7) is 1.57. The van der Waals surface area contributed by atoms with Crippen LogP contribution in [0.2, 0.25) is 0 Å². The summed E-state index contributed by atoms with van der Waals surface area (Å²) in [5, 5.41) is 14.7. The monoisotopic (exact) mass is 411 g/mol. The van der Waals surface area contributed by atoms with Crippen molar-refractivity contribution in [3.05, 3.63) is 76.5 Å². The van der Waals surface area contributed by atoms with Gasteiger partial charge in [0.1, 0.15) is 30.8 Å². The zero-order chi connectivity index (χ0) is 20.6. The average molecular weight is 411 g/mol. The maximum Gasteiger partial charge on any atom is 0.265 e. The fourth-order valence-corrected chi connectivity index (χ4v) is 3.09. The maximum atomic E-state index is 12.0. The summed E-state index contributed by atoms with van der Waals surface area (Å²) in [7, 11) is 0. The molecule has 0 unspecified atom stereocenters. The lowest BCUT2D eigenvalue weighted by molar-refractivity contribution is 0.0626. The SMILES string of the molecule is CC(=O)c1cccc(OC[C@@H](O)COc2ccc(NC(=O)c3cccs3)cc2)c1. The van der Waals surface area contributed by atoms with Gasteiger partial charge in [-0.25, -0.2) is 0 Å². The molecule has 0 bridgehead atoms. The van der Waals surface area contributed by atoms with Gasteiger partial charge in [-0.05, 0) is 54.8 Å². The first-order valence-corrected chi connectivity index (χ1v) is 9.89. The lowest BCUT2D eigenvalue weighted by atomic mass is 10.1. The maximum absolute atomic E-state index is 12.0. The highest BCUT2D eigenvalue weighted by Crippen LogP contribution is 2.18. The van der Waals surface area contributed by atoms with Crippen LogP contribution in [0, 0.1) is 0 Å². The smallest absolute Gasteiger partial charge is 0.265 e. The van der Waals surface area contributed by atoms with Crippen molar-refractivity contribution in [1.82, 2.24) is 0 Å². The molecule has 1 aromatic heterocycles. The van der Waals surface area contributed by atoms with Crippen LogP contribution < -0.4 is 14.8 Å². The van der Waals surface area contributed by atoms with Crippen molar-refractivity contribution in [1.29, 1.82) is 0 Å². The van der Waals surface area contributed by atoms with E-state index in [0.717, 1.165) is 0 Å². The zero-order valence-corrected chi connectivity index (χ0v) is 16.6. The quantitative estimate of drug-likeness (QED) is 0.520. The van der Waals surface area contributed by atoms with Crippen LogP contribution in [-0.4, -0.2) is 36.1 Å². The topological polar surface area (TPSA) is 84.9 Å². The van der Waals surface area contributed by atoms with Crippen molar-refractivity contribution in [2.45, 2.75) is 13.0 Å². The number of ether oxygens (including phenoxy) is 2. The van der Waals surface area contributed by atoms with Crippen LogP contribution in [0.25, 0.3) is 0 Å². The fourth-order valence-electron chi connectivity index (χ4n) is 2.47. The zero-order valence-electron chi connectivity index (χ0n) is 15.8. The molecule has 150 valence electrons. The van der Waals surface area contributed by atoms with Crippen LogP contribution in [0.5, 0.6) is 11.5 Å². The van der Waals surface area contributed by atoms with E-state index in [4.69, 9.17) is 9.47 Å². The molecule has 2 aromatic carbocycles. The summed E-state index contributed by atoms with van der Waals surface area (Å²) in [6.07, 6.45) is -0.839. The summed E-state index contributed by atoms with van der Waals surface area (Å²) >= 11 is 1.38. The second-order valence-corrected chi connectivity index (χ2v) is 7.26. The van der Waals surface area contributed by atoms with E-state index in [2.05, 4.69) is 5.32 Å². The van der Waals surface area contributed by atoms with E-state index in [9.17, 15) is 14.7 Å². The number of hydrogen-bond acceptors (Lipinski definition) is 6. The summed E-state index contributed by atoms with van der Waals surface area (Å²) in [6, 6.07) is 17.3. The third kappa shape index (κ3) is 6.17. The van der Waals surface area contributed by atoms with Crippen molar-refractivity contribution in [3.8, 4) is 11.5 Å². The minimum absolute atomic E-state index is 0.0380. The highest BCUT2D eigenvalue weighted by Gasteiger charge is 2.09. The molecule has 2 N–H and O–H groups in total. The van der Waals surface area contributed by atoms with E-state index < -0.39 is 6.10 Å². The Balaban J connectivity index is 1.44. The van der Waals surface area contributed by atoms with Crippen molar-refractivity contribution in [3.63, 3.8) is 0 Å². The van der Waals surface area contributed by atoms with Crippen LogP contribution in [-0.2, 0) is 0 Å². The number of thiophene rings is 1. The van der Waals surface area contributed by atoms with Crippen molar-refractivity contribution in [2.75, 3.05) is 18.5 Å². The molecule has 1 heterocycles. The molecular formula is C22H21NO5S. The molecule has 0 saturated heterocycles. The normalized spacial score (nSPS) is 11.5. The molecule has 1 atom stereocenters. The lowest BCUT2D eigenvalue weighted by Gasteiger charge is -2.14. The predicted molar refractivity (Wildman–Crippen MR) is 112 cm³/mol. The van der Waals surface area contributed by atoms with E-state index in [-0.39, 0.29) is 24.9 Å². The first-order valence-electron chi connectivity index (χ1n) is 9.01. The molecule has 3 aromatic rings. The number of aliphatic hydroxyl groups is 1. The van der Waals surface area contributed by atoms with Gasteiger partial charge in [-0.2, -0.15) is 0 Å². The first kappa shape index (κ1) is 20.6. The summed E-state index contributed by atoms with van der Waals surface area (Å²) in [4.78, 5) is 24.1. The second kappa shape index (κ2) is 9.86. The van der Waals surface area contributed by atoms with Crippen LogP contribution >= 0.6 is 11.3 Å². The number of carbonyl (C=O) groups is 2. The van der Waals surface area contributed by atoms with Crippen LogP contribution in [0.4, 0.5) is 5.69 Å². The van der Waals surface area contributed by atoms with Gasteiger partial charge in [0.05, 0.1) is 4.88 Å². The number of amides is 1. The predicted octanol–water partition coefficient (Wildman–Crippen LogP) is 4.02. The summed E-state index contributed by atoms with van der Waals surface area (Å²) < 4.78 is 11.1. The molecule has 0 fully saturated rings. The van der Waals surface area contributed by atoms with Crippen molar-refractivity contribution >= 4 is 28.7 Å². The van der Waals surface area contributed by atoms with Gasteiger partial charge in [0.25, 0.3) is 5.91 Å². The van der Waals surface area contributed by atoms with Gasteiger partial charge in [-0.15, -0.1) is 11.3 Å². The summed E-state index contributed by atoms with van der Waals surface area (Å²) in [5.41, 5.74) is 1.21. The second-order valence-electron chi connectivity index (χ2n) is 6.32. The van der Waals surface area contributed by atoms with Crippen molar-refractivity contribution in [2.24, 2.45) is 0 Å². The van der Waals surface area contributed by atoms with Gasteiger partial charge < -0.3 is 19.9 Å². The highest BCUT2D eigenvalue weighted by molar-refractivity contribution is 7.12. The van der Waals surface area contributed by atoms with Gasteiger partial charge in [-0.3, -0.25) is 9.59 Å². The summed E-state index contributed by atoms with van der Waals surface area (Å²) in [5.74, 6) is 0.878. The van der Waals surface area contributed by atoms with Crippen LogP contribution in [0.15, 0.2) is 66.0 Å². The number of anilines is 1. The minimum atomic E-state index is -0.839. The van der Waals surface area contributed by atoms with Crippen LogP contribution in [0.1, 0.15) is 27.0 Å². The molecule has 6 nitrogen and oxygen atoms in total. The minimum Gasteiger partial charge on any atom is -0.491 e. The third-order valence-electron chi connectivity index (χ3n) is 3.98. The Morgan fingerprint density at radius 3 is 2.38 bits per heavy atom. The number of rotatable bonds is 9. The first-order chi connectivity index (χ1) is 14.0. The molecule has 7 heteroatoms. The number of nitrogens with one attached hydrogen (secondary N) is 1. The molecule has 0 spiro atoms. The van der Waals surface area contributed by atoms with E-state index in [1.165, 1.54) is 18.3 Å². The van der Waals surface area contributed by atoms with Gasteiger partial charge in [0, 0.05) is 11.3 Å². The number of hydrogen-bond donors (Lipinski definition) is 2. The van der Waals surface area contributed by atoms with E-state index in [1.807, 2.05) is 11.4 Å². The van der Waals surface area contributed by atoms with E-state index >= 15 is 0 Å². The molecule has 0 aliphatic rings. The molecule has 1 amide bonds. The van der Waals surface area contributed by atoms with E-state index in [1.54, 1.807) is 54.6 Å². The number of Topliss-reactive ketones (excluding diaryl/α,β-unsaturated/α-hetero) is 1. The highest BCUT2D eigenvalue weighted by atomic mass is 32.1. The Morgan fingerprint density at radius 2 is 1.72 bits per heavy atom. The molecule has 0 aliphatic heterocycles. The Labute approximate surface area is 172 Å². The number of ketones is 1. The van der Waals surface area contributed by atoms with Gasteiger partial charge in [-0.1, -0.05) is 18.2 Å². The van der Waals surface area contributed by atoms with Gasteiger partial charge >= 0.3 is 0 Å². The van der Waals surface area contributed by atoms with Crippen molar-refractivity contribution < 1.29 is 24.2 Å². The number of carbonyl (C=O) groups excluding carboxylic acids is 2. The Bertz CT molecular complexity index is 954. The Hall–Kier alpha value is -3.16. The Kier molecular flexibility index (Phi) is 6.99. The third-order valence-corrected chi connectivity index (χ3v) is 4.85. The molecule has 0 aliphatic carbocycles. The standard InChI is InChI=1S/C22H21NO5S/c1-15(24)16-4-2-5-20(12-16)28-14-18(25)13-27-19-9-7-17(8-10-19)23-22(26)21-6-3-11-29-21/h2-12,18,25H,13-14H2,1H3,(H,23,26)/t18-/m0/s1. The average Bonchev–Trinajstić information content (AvgIpc) is 3.27. The molecule has 3 rings (SSSR count). The molecule has 0 saturated carbocycles. The van der Waals surface area contributed by atoms with Gasteiger partial charge in [0.2, 0.25) is 0 Å².